The van der Waals surface area contributed by atoms with Crippen LogP contribution < -0.4 is 4.42 Å². The normalized spacial score (nSPS) is 10.0. The summed E-state index contributed by atoms with van der Waals surface area (Å²) in [5, 5.41) is 1.08. The highest BCUT2D eigenvalue weighted by Gasteiger charge is 2.10. The zero-order valence-corrected chi connectivity index (χ0v) is 10.00. The van der Waals surface area contributed by atoms with Gasteiger partial charge in [0.15, 0.2) is 0 Å². The third kappa shape index (κ3) is 2.35. The lowest BCUT2D eigenvalue weighted by Gasteiger charge is -2.17. The summed E-state index contributed by atoms with van der Waals surface area (Å²) in [6.45, 7) is 6.04. The number of hydrogen-bond donors (Lipinski definition) is 0. The van der Waals surface area contributed by atoms with Crippen LogP contribution >= 0.6 is 35.0 Å². The van der Waals surface area contributed by atoms with Crippen molar-refractivity contribution in [1.29, 1.82) is 0 Å². The number of hydrogen-bond acceptors (Lipinski definition) is 1. The molecular formula is C10H10Cl3N. The van der Waals surface area contributed by atoms with Crippen LogP contribution in [0.2, 0.25) is 10.0 Å². The van der Waals surface area contributed by atoms with Gasteiger partial charge in [-0.15, -0.1) is 6.58 Å². The maximum atomic E-state index is 6.00. The molecule has 0 N–H and O–H groups in total. The quantitative estimate of drug-likeness (QED) is 0.566. The molecule has 0 aromatic heterocycles. The molecule has 0 heterocycles. The van der Waals surface area contributed by atoms with E-state index in [0.717, 1.165) is 11.3 Å². The van der Waals surface area contributed by atoms with E-state index in [9.17, 15) is 0 Å². The van der Waals surface area contributed by atoms with Crippen LogP contribution in [0.1, 0.15) is 5.56 Å². The van der Waals surface area contributed by atoms with Gasteiger partial charge in [-0.05, 0) is 24.6 Å². The fraction of sp³-hybridized carbons (Fsp3) is 0.200. The van der Waals surface area contributed by atoms with Gasteiger partial charge in [-0.3, -0.25) is 4.42 Å². The minimum Gasteiger partial charge on any atom is -0.281 e. The van der Waals surface area contributed by atoms with Gasteiger partial charge in [0, 0.05) is 11.8 Å². The van der Waals surface area contributed by atoms with E-state index >= 15 is 0 Å². The first-order valence-electron chi connectivity index (χ1n) is 4.06. The molecule has 1 rings (SSSR count). The van der Waals surface area contributed by atoms with Gasteiger partial charge in [0.25, 0.3) is 0 Å². The van der Waals surface area contributed by atoms with Gasteiger partial charge in [0.05, 0.1) is 22.3 Å². The Morgan fingerprint density at radius 2 is 2.07 bits per heavy atom. The summed E-state index contributed by atoms with van der Waals surface area (Å²) in [5.74, 6) is 0. The van der Waals surface area contributed by atoms with E-state index in [4.69, 9.17) is 35.0 Å². The molecule has 76 valence electrons. The van der Waals surface area contributed by atoms with Crippen molar-refractivity contribution < 1.29 is 0 Å². The Morgan fingerprint density at radius 1 is 1.43 bits per heavy atom. The van der Waals surface area contributed by atoms with Crippen LogP contribution in [0, 0.1) is 6.92 Å². The van der Waals surface area contributed by atoms with E-state index in [1.54, 1.807) is 16.6 Å². The van der Waals surface area contributed by atoms with Crippen LogP contribution in [0.4, 0.5) is 5.69 Å². The molecule has 0 aliphatic heterocycles. The zero-order valence-electron chi connectivity index (χ0n) is 7.73. The number of anilines is 1. The maximum Gasteiger partial charge on any atom is 0.0642 e. The molecule has 0 spiro atoms. The summed E-state index contributed by atoms with van der Waals surface area (Å²) in [4.78, 5) is 0. The van der Waals surface area contributed by atoms with Gasteiger partial charge >= 0.3 is 0 Å². The standard InChI is InChI=1S/C10H10Cl3N/c1-3-6-14(13)9-5-4-8(11)10(12)7(9)2/h3-5H,1,6H2,2H3. The van der Waals surface area contributed by atoms with Crippen molar-refractivity contribution in [3.63, 3.8) is 0 Å². The van der Waals surface area contributed by atoms with Crippen LogP contribution in [0.5, 0.6) is 0 Å². The summed E-state index contributed by atoms with van der Waals surface area (Å²) in [6.07, 6.45) is 1.72. The maximum absolute atomic E-state index is 6.00. The van der Waals surface area contributed by atoms with E-state index in [-0.39, 0.29) is 0 Å². The number of rotatable bonds is 3. The van der Waals surface area contributed by atoms with Crippen molar-refractivity contribution in [2.24, 2.45) is 0 Å². The second-order valence-corrected chi connectivity index (χ2v) is 4.03. The number of halogens is 3. The highest BCUT2D eigenvalue weighted by molar-refractivity contribution is 6.43. The first-order valence-corrected chi connectivity index (χ1v) is 5.16. The van der Waals surface area contributed by atoms with Gasteiger partial charge in [0.1, 0.15) is 0 Å². The van der Waals surface area contributed by atoms with Crippen molar-refractivity contribution in [3.05, 3.63) is 40.4 Å². The van der Waals surface area contributed by atoms with E-state index in [1.165, 1.54) is 0 Å². The molecule has 1 aromatic rings. The lowest BCUT2D eigenvalue weighted by molar-refractivity contribution is 1.18. The summed E-state index contributed by atoms with van der Waals surface area (Å²) >= 11 is 17.8. The fourth-order valence-electron chi connectivity index (χ4n) is 1.12. The molecule has 0 unspecified atom stereocenters. The van der Waals surface area contributed by atoms with E-state index in [0.29, 0.717) is 16.6 Å². The fourth-order valence-corrected chi connectivity index (χ4v) is 1.76. The minimum atomic E-state index is 0.539. The molecule has 4 heteroatoms. The van der Waals surface area contributed by atoms with Crippen molar-refractivity contribution >= 4 is 40.7 Å². The van der Waals surface area contributed by atoms with Crippen LogP contribution in [-0.4, -0.2) is 6.54 Å². The summed E-state index contributed by atoms with van der Waals surface area (Å²) in [5.41, 5.74) is 1.72. The molecule has 0 saturated heterocycles. The number of nitrogens with zero attached hydrogens (tertiary/aromatic N) is 1. The second-order valence-electron chi connectivity index (χ2n) is 2.84. The van der Waals surface area contributed by atoms with Gasteiger partial charge in [0.2, 0.25) is 0 Å². The Hall–Kier alpha value is -0.370. The SMILES string of the molecule is C=CCN(Cl)c1ccc(Cl)c(Cl)c1C. The molecule has 1 nitrogen and oxygen atoms in total. The van der Waals surface area contributed by atoms with Crippen LogP contribution in [0.15, 0.2) is 24.8 Å². The van der Waals surface area contributed by atoms with Crippen LogP contribution in [0.25, 0.3) is 0 Å². The molecule has 14 heavy (non-hydrogen) atoms. The molecule has 1 aromatic carbocycles. The van der Waals surface area contributed by atoms with Crippen molar-refractivity contribution in [2.75, 3.05) is 11.0 Å². The Labute approximate surface area is 99.0 Å². The lowest BCUT2D eigenvalue weighted by atomic mass is 10.2. The van der Waals surface area contributed by atoms with Crippen LogP contribution in [0.3, 0.4) is 0 Å². The topological polar surface area (TPSA) is 3.24 Å². The van der Waals surface area contributed by atoms with E-state index < -0.39 is 0 Å². The largest absolute Gasteiger partial charge is 0.281 e. The average Bonchev–Trinajstić information content (AvgIpc) is 2.15. The van der Waals surface area contributed by atoms with Crippen LogP contribution in [-0.2, 0) is 0 Å². The van der Waals surface area contributed by atoms with Crippen molar-refractivity contribution in [3.8, 4) is 0 Å². The van der Waals surface area contributed by atoms with Crippen molar-refractivity contribution in [2.45, 2.75) is 6.92 Å². The van der Waals surface area contributed by atoms with Gasteiger partial charge in [-0.1, -0.05) is 29.3 Å². The summed E-state index contributed by atoms with van der Waals surface area (Å²) in [6, 6.07) is 3.56. The molecule has 0 radical (unpaired) electrons. The van der Waals surface area contributed by atoms with Gasteiger partial charge in [-0.2, -0.15) is 0 Å². The molecule has 0 atom stereocenters. The molecule has 0 fully saturated rings. The molecule has 0 bridgehead atoms. The third-order valence-electron chi connectivity index (χ3n) is 1.86. The average molecular weight is 251 g/mol. The second kappa shape index (κ2) is 4.92. The van der Waals surface area contributed by atoms with Gasteiger partial charge < -0.3 is 0 Å². The molecule has 0 saturated carbocycles. The summed E-state index contributed by atoms with van der Waals surface area (Å²) in [7, 11) is 0. The minimum absolute atomic E-state index is 0.539. The lowest BCUT2D eigenvalue weighted by Crippen LogP contribution is -2.10. The molecule has 0 aliphatic rings. The Kier molecular flexibility index (Phi) is 4.11. The molecule has 0 amide bonds. The number of benzene rings is 1. The smallest absolute Gasteiger partial charge is 0.0642 e. The highest BCUT2D eigenvalue weighted by Crippen LogP contribution is 2.33. The van der Waals surface area contributed by atoms with Crippen molar-refractivity contribution in [1.82, 2.24) is 0 Å². The first-order chi connectivity index (χ1) is 6.57. The Balaban J connectivity index is 3.10. The van der Waals surface area contributed by atoms with E-state index in [1.807, 2.05) is 13.0 Å². The molecule has 0 aliphatic carbocycles. The monoisotopic (exact) mass is 249 g/mol. The third-order valence-corrected chi connectivity index (χ3v) is 3.08. The predicted octanol–water partition coefficient (Wildman–Crippen LogP) is 4.45. The summed E-state index contributed by atoms with van der Waals surface area (Å²) < 4.78 is 1.55. The predicted molar refractivity (Wildman–Crippen MR) is 64.6 cm³/mol. The Bertz CT molecular complexity index is 349. The molecular weight excluding hydrogens is 240 g/mol. The highest BCUT2D eigenvalue weighted by atomic mass is 35.5. The Morgan fingerprint density at radius 3 is 2.64 bits per heavy atom. The van der Waals surface area contributed by atoms with E-state index in [2.05, 4.69) is 6.58 Å². The van der Waals surface area contributed by atoms with Gasteiger partial charge in [-0.25, -0.2) is 0 Å². The first kappa shape index (κ1) is 11.7. The zero-order chi connectivity index (χ0) is 10.7.